The molecule has 1 aliphatic heterocycles. The fraction of sp³-hybridized carbons (Fsp3) is 0.533. The van der Waals surface area contributed by atoms with E-state index in [-0.39, 0.29) is 17.5 Å². The molecule has 0 radical (unpaired) electrons. The second-order valence-electron chi connectivity index (χ2n) is 5.87. The molecular formula is C15H20N6O3. The van der Waals surface area contributed by atoms with Crippen molar-refractivity contribution in [3.63, 3.8) is 0 Å². The number of H-pyrrole nitrogens is 1. The van der Waals surface area contributed by atoms with E-state index in [1.807, 2.05) is 11.5 Å². The van der Waals surface area contributed by atoms with Gasteiger partial charge in [-0.15, -0.1) is 10.2 Å². The van der Waals surface area contributed by atoms with E-state index in [4.69, 9.17) is 4.74 Å². The zero-order valence-corrected chi connectivity index (χ0v) is 13.7. The zero-order valence-electron chi connectivity index (χ0n) is 13.7. The van der Waals surface area contributed by atoms with Gasteiger partial charge in [0, 0.05) is 32.6 Å². The summed E-state index contributed by atoms with van der Waals surface area (Å²) in [5, 5.41) is 14.6. The number of ether oxygens (including phenoxy) is 1. The maximum Gasteiger partial charge on any atom is 0.264 e. The summed E-state index contributed by atoms with van der Waals surface area (Å²) in [6, 6.07) is 3.15. The molecule has 9 heteroatoms. The molecule has 0 unspecified atom stereocenters. The summed E-state index contributed by atoms with van der Waals surface area (Å²) in [6.07, 6.45) is 0.826. The fourth-order valence-electron chi connectivity index (χ4n) is 2.94. The first-order valence-electron chi connectivity index (χ1n) is 7.82. The van der Waals surface area contributed by atoms with Gasteiger partial charge in [-0.2, -0.15) is 5.10 Å². The molecule has 0 bridgehead atoms. The van der Waals surface area contributed by atoms with E-state index < -0.39 is 0 Å². The fourth-order valence-corrected chi connectivity index (χ4v) is 2.94. The normalized spacial score (nSPS) is 16.9. The zero-order chi connectivity index (χ0) is 17.1. The minimum Gasteiger partial charge on any atom is -0.377 e. The van der Waals surface area contributed by atoms with Crippen LogP contribution in [0.3, 0.4) is 0 Å². The van der Waals surface area contributed by atoms with Gasteiger partial charge in [0.25, 0.3) is 5.56 Å². The SMILES string of the molecule is COCc1nnc2n1[C@@H](C)CN(C(=O)CCc1ccc(=O)[nH]n1)C2. The highest BCUT2D eigenvalue weighted by atomic mass is 16.5. The first kappa shape index (κ1) is 16.3. The van der Waals surface area contributed by atoms with Crippen LogP contribution >= 0.6 is 0 Å². The van der Waals surface area contributed by atoms with Crippen molar-refractivity contribution in [2.24, 2.45) is 0 Å². The van der Waals surface area contributed by atoms with Crippen molar-refractivity contribution in [3.8, 4) is 0 Å². The van der Waals surface area contributed by atoms with Gasteiger partial charge in [0.2, 0.25) is 5.91 Å². The summed E-state index contributed by atoms with van der Waals surface area (Å²) in [7, 11) is 1.62. The van der Waals surface area contributed by atoms with Crippen molar-refractivity contribution >= 4 is 5.91 Å². The van der Waals surface area contributed by atoms with Crippen molar-refractivity contribution in [1.82, 2.24) is 29.9 Å². The second kappa shape index (κ2) is 6.91. The molecule has 24 heavy (non-hydrogen) atoms. The monoisotopic (exact) mass is 332 g/mol. The Hall–Kier alpha value is -2.55. The van der Waals surface area contributed by atoms with Gasteiger partial charge in [-0.25, -0.2) is 5.10 Å². The molecule has 128 valence electrons. The Morgan fingerprint density at radius 2 is 2.25 bits per heavy atom. The molecule has 9 nitrogen and oxygen atoms in total. The highest BCUT2D eigenvalue weighted by molar-refractivity contribution is 5.76. The standard InChI is InChI=1S/C15H20N6O3/c1-10-7-20(8-12-17-18-13(9-24-2)21(10)12)15(23)6-4-11-3-5-14(22)19-16-11/h3,5,10H,4,6-9H2,1-2H3,(H,19,22)/t10-/m0/s1. The highest BCUT2D eigenvalue weighted by Crippen LogP contribution is 2.22. The van der Waals surface area contributed by atoms with Gasteiger partial charge < -0.3 is 14.2 Å². The lowest BCUT2D eigenvalue weighted by molar-refractivity contribution is -0.133. The molecule has 2 aromatic rings. The van der Waals surface area contributed by atoms with E-state index >= 15 is 0 Å². The number of nitrogens with zero attached hydrogens (tertiary/aromatic N) is 5. The average Bonchev–Trinajstić information content (AvgIpc) is 2.98. The van der Waals surface area contributed by atoms with Crippen molar-refractivity contribution in [3.05, 3.63) is 39.8 Å². The Balaban J connectivity index is 1.64. The van der Waals surface area contributed by atoms with Crippen LogP contribution in [-0.2, 0) is 29.1 Å². The minimum absolute atomic E-state index is 0.0393. The van der Waals surface area contributed by atoms with Gasteiger partial charge in [-0.3, -0.25) is 9.59 Å². The highest BCUT2D eigenvalue weighted by Gasteiger charge is 2.28. The van der Waals surface area contributed by atoms with E-state index in [0.717, 1.165) is 11.6 Å². The molecule has 0 fully saturated rings. The van der Waals surface area contributed by atoms with Crippen LogP contribution in [0.25, 0.3) is 0 Å². The largest absolute Gasteiger partial charge is 0.377 e. The quantitative estimate of drug-likeness (QED) is 0.829. The van der Waals surface area contributed by atoms with Gasteiger partial charge in [-0.05, 0) is 13.0 Å². The Bertz CT molecular complexity index is 763. The first-order valence-corrected chi connectivity index (χ1v) is 7.82. The number of aromatic amines is 1. The van der Waals surface area contributed by atoms with Crippen LogP contribution in [0, 0.1) is 0 Å². The molecule has 1 aliphatic rings. The molecule has 0 saturated heterocycles. The van der Waals surface area contributed by atoms with E-state index in [1.165, 1.54) is 6.07 Å². The number of nitrogens with one attached hydrogen (secondary N) is 1. The number of amides is 1. The predicted molar refractivity (Wildman–Crippen MR) is 84.0 cm³/mol. The van der Waals surface area contributed by atoms with E-state index in [0.29, 0.717) is 38.2 Å². The topological polar surface area (TPSA) is 106 Å². The molecule has 1 amide bonds. The molecule has 3 rings (SSSR count). The van der Waals surface area contributed by atoms with Crippen molar-refractivity contribution in [2.75, 3.05) is 13.7 Å². The summed E-state index contributed by atoms with van der Waals surface area (Å²) in [5.41, 5.74) is 0.444. The summed E-state index contributed by atoms with van der Waals surface area (Å²) in [5.74, 6) is 1.60. The maximum absolute atomic E-state index is 12.5. The van der Waals surface area contributed by atoms with Gasteiger partial charge in [0.15, 0.2) is 11.6 Å². The smallest absolute Gasteiger partial charge is 0.264 e. The Morgan fingerprint density at radius 3 is 2.96 bits per heavy atom. The number of methoxy groups -OCH3 is 1. The number of fused-ring (bicyclic) bond motifs is 1. The van der Waals surface area contributed by atoms with Gasteiger partial charge >= 0.3 is 0 Å². The van der Waals surface area contributed by atoms with E-state index in [9.17, 15) is 9.59 Å². The van der Waals surface area contributed by atoms with Gasteiger partial charge in [-0.1, -0.05) is 0 Å². The molecule has 1 N–H and O–H groups in total. The van der Waals surface area contributed by atoms with E-state index in [2.05, 4.69) is 20.4 Å². The lowest BCUT2D eigenvalue weighted by Gasteiger charge is -2.32. The second-order valence-corrected chi connectivity index (χ2v) is 5.87. The lowest BCUT2D eigenvalue weighted by atomic mass is 10.1. The number of aromatic nitrogens is 5. The lowest BCUT2D eigenvalue weighted by Crippen LogP contribution is -2.41. The van der Waals surface area contributed by atoms with Gasteiger partial charge in [0.1, 0.15) is 6.61 Å². The molecule has 0 aromatic carbocycles. The van der Waals surface area contributed by atoms with Crippen LogP contribution in [0.2, 0.25) is 0 Å². The first-order chi connectivity index (χ1) is 11.6. The molecular weight excluding hydrogens is 312 g/mol. The Labute approximate surface area is 138 Å². The molecule has 3 heterocycles. The third kappa shape index (κ3) is 3.35. The maximum atomic E-state index is 12.5. The number of hydrogen-bond donors (Lipinski definition) is 1. The molecule has 0 spiro atoms. The number of carbonyl (C=O) groups is 1. The summed E-state index contributed by atoms with van der Waals surface area (Å²) in [6.45, 7) is 3.50. The Kier molecular flexibility index (Phi) is 4.70. The number of carbonyl (C=O) groups excluding carboxylic acids is 1. The number of rotatable bonds is 5. The van der Waals surface area contributed by atoms with Crippen LogP contribution in [0.1, 0.15) is 36.7 Å². The third-order valence-corrected chi connectivity index (χ3v) is 4.05. The van der Waals surface area contributed by atoms with Crippen LogP contribution in [0.15, 0.2) is 16.9 Å². The van der Waals surface area contributed by atoms with Crippen LogP contribution in [0.5, 0.6) is 0 Å². The van der Waals surface area contributed by atoms with Crippen LogP contribution in [-0.4, -0.2) is 49.4 Å². The van der Waals surface area contributed by atoms with Gasteiger partial charge in [0.05, 0.1) is 18.3 Å². The number of aryl methyl sites for hydroxylation is 1. The molecule has 1 atom stereocenters. The van der Waals surface area contributed by atoms with Crippen LogP contribution in [0.4, 0.5) is 0 Å². The Morgan fingerprint density at radius 1 is 1.42 bits per heavy atom. The number of hydrogen-bond acceptors (Lipinski definition) is 6. The molecule has 0 aliphatic carbocycles. The minimum atomic E-state index is -0.249. The average molecular weight is 332 g/mol. The summed E-state index contributed by atoms with van der Waals surface area (Å²) in [4.78, 5) is 25.3. The van der Waals surface area contributed by atoms with Crippen LogP contribution < -0.4 is 5.56 Å². The summed E-state index contributed by atoms with van der Waals surface area (Å²) < 4.78 is 7.17. The third-order valence-electron chi connectivity index (χ3n) is 4.05. The van der Waals surface area contributed by atoms with Crippen molar-refractivity contribution in [1.29, 1.82) is 0 Å². The summed E-state index contributed by atoms with van der Waals surface area (Å²) >= 11 is 0. The predicted octanol–water partition coefficient (Wildman–Crippen LogP) is 0.0438. The van der Waals surface area contributed by atoms with E-state index in [1.54, 1.807) is 18.1 Å². The molecule has 0 saturated carbocycles. The van der Waals surface area contributed by atoms with Crippen molar-refractivity contribution < 1.29 is 9.53 Å². The van der Waals surface area contributed by atoms with Crippen molar-refractivity contribution in [2.45, 2.75) is 39.0 Å². The molecule has 2 aromatic heterocycles.